The smallest absolute Gasteiger partial charge is 0.307 e. The lowest BCUT2D eigenvalue weighted by atomic mass is 9.91. The fraction of sp³-hybridized carbons (Fsp3) is 0.654. The van der Waals surface area contributed by atoms with Crippen molar-refractivity contribution >= 4 is 12.0 Å². The molecule has 4 nitrogen and oxygen atoms in total. The van der Waals surface area contributed by atoms with E-state index in [1.165, 1.54) is 37.7 Å². The molecule has 3 rings (SSSR count). The van der Waals surface area contributed by atoms with Crippen LogP contribution in [0.2, 0.25) is 0 Å². The second-order valence-corrected chi connectivity index (χ2v) is 9.94. The fourth-order valence-corrected chi connectivity index (χ4v) is 4.56. The van der Waals surface area contributed by atoms with Gasteiger partial charge >= 0.3 is 5.97 Å². The lowest BCUT2D eigenvalue weighted by Crippen LogP contribution is -2.41. The van der Waals surface area contributed by atoms with E-state index in [1.54, 1.807) is 5.57 Å². The summed E-state index contributed by atoms with van der Waals surface area (Å²) in [7, 11) is 0. The van der Waals surface area contributed by atoms with Gasteiger partial charge in [0.25, 0.3) is 0 Å². The molecule has 1 aromatic carbocycles. The first-order valence-corrected chi connectivity index (χ1v) is 11.8. The highest BCUT2D eigenvalue weighted by Crippen LogP contribution is 2.40. The maximum absolute atomic E-state index is 11.8. The van der Waals surface area contributed by atoms with Crippen molar-refractivity contribution in [1.29, 1.82) is 0 Å². The van der Waals surface area contributed by atoms with Gasteiger partial charge in [0.1, 0.15) is 5.60 Å². The lowest BCUT2D eigenvalue weighted by molar-refractivity contribution is -0.154. The number of hydrogen-bond acceptors (Lipinski definition) is 4. The third kappa shape index (κ3) is 7.55. The molecule has 4 heteroatoms. The van der Waals surface area contributed by atoms with E-state index in [4.69, 9.17) is 4.74 Å². The molecule has 2 fully saturated rings. The van der Waals surface area contributed by atoms with Crippen molar-refractivity contribution in [1.82, 2.24) is 10.6 Å². The third-order valence-electron chi connectivity index (χ3n) is 6.19. The Balaban J connectivity index is 1.34. The van der Waals surface area contributed by atoms with Crippen LogP contribution in [0.1, 0.15) is 78.2 Å². The molecule has 1 aromatic rings. The second kappa shape index (κ2) is 10.6. The predicted octanol–water partition coefficient (Wildman–Crippen LogP) is 5.09. The van der Waals surface area contributed by atoms with Gasteiger partial charge in [0.2, 0.25) is 0 Å². The molecule has 0 spiro atoms. The number of benzene rings is 1. The van der Waals surface area contributed by atoms with Gasteiger partial charge in [0, 0.05) is 24.7 Å². The molecule has 30 heavy (non-hydrogen) atoms. The standard InChI is InChI=1S/C26H40N2O2/c1-5-20(17-19-9-7-6-8-10-19)23-18-24(23)28-22-13-11-21(12-14-22)27-16-15-25(29)30-26(2,3)4/h6-10,17,21-24,27-28H,5,11-16,18H2,1-4H3/b20-17+/t21-,22+,23?,24?. The van der Waals surface area contributed by atoms with E-state index in [2.05, 4.69) is 54.0 Å². The number of esters is 1. The summed E-state index contributed by atoms with van der Waals surface area (Å²) < 4.78 is 5.38. The highest BCUT2D eigenvalue weighted by molar-refractivity contribution is 5.70. The zero-order valence-corrected chi connectivity index (χ0v) is 19.2. The molecule has 2 unspecified atom stereocenters. The summed E-state index contributed by atoms with van der Waals surface area (Å²) in [5.41, 5.74) is 2.50. The Morgan fingerprint density at radius 2 is 1.77 bits per heavy atom. The van der Waals surface area contributed by atoms with Gasteiger partial charge < -0.3 is 15.4 Å². The molecule has 0 aliphatic heterocycles. The minimum absolute atomic E-state index is 0.111. The molecule has 0 radical (unpaired) electrons. The highest BCUT2D eigenvalue weighted by atomic mass is 16.6. The Bertz CT molecular complexity index is 699. The van der Waals surface area contributed by atoms with Gasteiger partial charge in [-0.25, -0.2) is 0 Å². The Morgan fingerprint density at radius 1 is 1.10 bits per heavy atom. The molecule has 2 aliphatic rings. The van der Waals surface area contributed by atoms with Crippen molar-refractivity contribution < 1.29 is 9.53 Å². The SMILES string of the molecule is CC/C(=C\c1ccccc1)C1CC1N[C@H]1CC[C@@H](NCCC(=O)OC(C)(C)C)CC1. The molecule has 2 aliphatic carbocycles. The summed E-state index contributed by atoms with van der Waals surface area (Å²) >= 11 is 0. The minimum Gasteiger partial charge on any atom is -0.460 e. The summed E-state index contributed by atoms with van der Waals surface area (Å²) in [5.74, 6) is 0.597. The second-order valence-electron chi connectivity index (χ2n) is 9.94. The molecule has 0 aromatic heterocycles. The molecular formula is C26H40N2O2. The first kappa shape index (κ1) is 23.0. The van der Waals surface area contributed by atoms with Crippen LogP contribution in [0.15, 0.2) is 35.9 Å². The van der Waals surface area contributed by atoms with Gasteiger partial charge in [0.05, 0.1) is 6.42 Å². The predicted molar refractivity (Wildman–Crippen MR) is 124 cm³/mol. The van der Waals surface area contributed by atoms with Crippen molar-refractivity contribution in [3.63, 3.8) is 0 Å². The number of rotatable bonds is 9. The van der Waals surface area contributed by atoms with Crippen molar-refractivity contribution in [3.8, 4) is 0 Å². The minimum atomic E-state index is -0.393. The molecule has 0 amide bonds. The normalized spacial score (nSPS) is 27.0. The molecule has 0 heterocycles. The molecule has 2 N–H and O–H groups in total. The maximum atomic E-state index is 11.8. The van der Waals surface area contributed by atoms with Gasteiger partial charge in [-0.3, -0.25) is 4.79 Å². The Kier molecular flexibility index (Phi) is 8.13. The third-order valence-corrected chi connectivity index (χ3v) is 6.19. The number of hydrogen-bond donors (Lipinski definition) is 2. The maximum Gasteiger partial charge on any atom is 0.307 e. The summed E-state index contributed by atoms with van der Waals surface area (Å²) in [4.78, 5) is 11.8. The number of nitrogens with one attached hydrogen (secondary N) is 2. The topological polar surface area (TPSA) is 50.4 Å². The highest BCUT2D eigenvalue weighted by Gasteiger charge is 2.40. The van der Waals surface area contributed by atoms with Crippen LogP contribution in [0.25, 0.3) is 6.08 Å². The van der Waals surface area contributed by atoms with Crippen LogP contribution in [0.3, 0.4) is 0 Å². The largest absolute Gasteiger partial charge is 0.460 e. The Morgan fingerprint density at radius 3 is 2.40 bits per heavy atom. The van der Waals surface area contributed by atoms with Crippen LogP contribution in [0, 0.1) is 5.92 Å². The van der Waals surface area contributed by atoms with E-state index in [0.717, 1.165) is 6.42 Å². The van der Waals surface area contributed by atoms with E-state index >= 15 is 0 Å². The average Bonchev–Trinajstić information content (AvgIpc) is 3.46. The monoisotopic (exact) mass is 412 g/mol. The zero-order valence-electron chi connectivity index (χ0n) is 19.2. The van der Waals surface area contributed by atoms with Crippen molar-refractivity contribution in [2.24, 2.45) is 5.92 Å². The van der Waals surface area contributed by atoms with E-state index in [-0.39, 0.29) is 5.97 Å². The summed E-state index contributed by atoms with van der Waals surface area (Å²) in [5, 5.41) is 7.47. The fourth-order valence-electron chi connectivity index (χ4n) is 4.56. The van der Waals surface area contributed by atoms with Gasteiger partial charge in [-0.1, -0.05) is 48.9 Å². The quantitative estimate of drug-likeness (QED) is 0.555. The van der Waals surface area contributed by atoms with Gasteiger partial charge in [-0.2, -0.15) is 0 Å². The Labute approximate surface area is 182 Å². The average molecular weight is 413 g/mol. The summed E-state index contributed by atoms with van der Waals surface area (Å²) in [6.07, 6.45) is 10.1. The number of carbonyl (C=O) groups excluding carboxylic acids is 1. The van der Waals surface area contributed by atoms with E-state index in [0.29, 0.717) is 37.0 Å². The van der Waals surface area contributed by atoms with Crippen LogP contribution in [-0.4, -0.2) is 36.2 Å². The van der Waals surface area contributed by atoms with Crippen LogP contribution < -0.4 is 10.6 Å². The van der Waals surface area contributed by atoms with Crippen molar-refractivity contribution in [2.45, 2.75) is 96.4 Å². The summed E-state index contributed by atoms with van der Waals surface area (Å²) in [6.45, 7) is 8.73. The van der Waals surface area contributed by atoms with Gasteiger partial charge in [-0.05, 0) is 70.8 Å². The molecule has 2 atom stereocenters. The van der Waals surface area contributed by atoms with Crippen molar-refractivity contribution in [3.05, 3.63) is 41.5 Å². The number of ether oxygens (including phenoxy) is 1. The van der Waals surface area contributed by atoms with Crippen LogP contribution in [0.5, 0.6) is 0 Å². The van der Waals surface area contributed by atoms with Crippen LogP contribution in [-0.2, 0) is 9.53 Å². The van der Waals surface area contributed by atoms with Crippen LogP contribution in [0.4, 0.5) is 0 Å². The first-order valence-electron chi connectivity index (χ1n) is 11.8. The number of carbonyl (C=O) groups is 1. The zero-order chi connectivity index (χ0) is 21.6. The summed E-state index contributed by atoms with van der Waals surface area (Å²) in [6, 6.07) is 12.5. The first-order chi connectivity index (χ1) is 14.3. The lowest BCUT2D eigenvalue weighted by Gasteiger charge is -2.30. The molecule has 166 valence electrons. The van der Waals surface area contributed by atoms with Crippen LogP contribution >= 0.6 is 0 Å². The van der Waals surface area contributed by atoms with Gasteiger partial charge in [-0.15, -0.1) is 0 Å². The van der Waals surface area contributed by atoms with E-state index < -0.39 is 5.60 Å². The molecular weight excluding hydrogens is 372 g/mol. The van der Waals surface area contributed by atoms with E-state index in [1.807, 2.05) is 20.8 Å². The van der Waals surface area contributed by atoms with Gasteiger partial charge in [0.15, 0.2) is 0 Å². The molecule has 0 saturated heterocycles. The molecule has 0 bridgehead atoms. The Hall–Kier alpha value is -1.65. The van der Waals surface area contributed by atoms with Crippen molar-refractivity contribution in [2.75, 3.05) is 6.54 Å². The molecule has 2 saturated carbocycles. The van der Waals surface area contributed by atoms with E-state index in [9.17, 15) is 4.79 Å².